The number of sulfone groups is 1. The number of hydrogen-bond donors (Lipinski definition) is 0. The molecule has 0 aliphatic carbocycles. The quantitative estimate of drug-likeness (QED) is 0.662. The Balaban J connectivity index is 3.96. The summed E-state index contributed by atoms with van der Waals surface area (Å²) in [4.78, 5) is 0. The van der Waals surface area contributed by atoms with Crippen LogP contribution in [0, 0.1) is 5.41 Å². The van der Waals surface area contributed by atoms with Gasteiger partial charge in [-0.1, -0.05) is 45.7 Å². The van der Waals surface area contributed by atoms with Crippen molar-refractivity contribution >= 4 is 41.7 Å². The number of hydrogen-bond acceptors (Lipinski definition) is 2. The highest BCUT2D eigenvalue weighted by molar-refractivity contribution is 9.09. The molecule has 0 rings (SSSR count). The Morgan fingerprint density at radius 3 is 2.07 bits per heavy atom. The van der Waals surface area contributed by atoms with E-state index in [0.717, 1.165) is 23.5 Å². The molecule has 0 aromatic heterocycles. The van der Waals surface area contributed by atoms with E-state index in [4.69, 9.17) is 0 Å². The van der Waals surface area contributed by atoms with Crippen LogP contribution in [0.5, 0.6) is 0 Å². The van der Waals surface area contributed by atoms with Gasteiger partial charge in [-0.15, -0.1) is 0 Å². The van der Waals surface area contributed by atoms with E-state index in [1.54, 1.807) is 6.92 Å². The molecule has 0 heterocycles. The van der Waals surface area contributed by atoms with Crippen LogP contribution in [0.4, 0.5) is 0 Å². The van der Waals surface area contributed by atoms with Gasteiger partial charge in [0.2, 0.25) is 0 Å². The molecule has 0 aromatic rings. The fourth-order valence-corrected chi connectivity index (χ4v) is 3.39. The molecule has 14 heavy (non-hydrogen) atoms. The number of halogens is 2. The molecule has 0 unspecified atom stereocenters. The fraction of sp³-hybridized carbons (Fsp3) is 1.00. The Morgan fingerprint density at radius 2 is 1.71 bits per heavy atom. The molecule has 0 aromatic carbocycles. The zero-order valence-corrected chi connectivity index (χ0v) is 12.7. The Kier molecular flexibility index (Phi) is 6.90. The molecule has 0 amide bonds. The van der Waals surface area contributed by atoms with Gasteiger partial charge in [-0.3, -0.25) is 0 Å². The third-order valence-electron chi connectivity index (χ3n) is 2.32. The first-order valence-electron chi connectivity index (χ1n) is 4.71. The Morgan fingerprint density at radius 1 is 1.21 bits per heavy atom. The van der Waals surface area contributed by atoms with Crippen molar-refractivity contribution in [2.75, 3.05) is 22.2 Å². The van der Waals surface area contributed by atoms with Crippen LogP contribution in [0.3, 0.4) is 0 Å². The van der Waals surface area contributed by atoms with E-state index in [0.29, 0.717) is 5.75 Å². The lowest BCUT2D eigenvalue weighted by Gasteiger charge is -2.24. The molecule has 0 bridgehead atoms. The van der Waals surface area contributed by atoms with Gasteiger partial charge >= 0.3 is 0 Å². The maximum atomic E-state index is 11.2. The Labute approximate surface area is 104 Å². The van der Waals surface area contributed by atoms with Crippen molar-refractivity contribution < 1.29 is 8.42 Å². The maximum Gasteiger partial charge on any atom is 0.150 e. The Hall–Kier alpha value is 0.910. The second kappa shape index (κ2) is 6.48. The molecule has 0 atom stereocenters. The molecule has 86 valence electrons. The molecule has 0 aliphatic heterocycles. The van der Waals surface area contributed by atoms with Gasteiger partial charge in [0.1, 0.15) is 9.84 Å². The zero-order chi connectivity index (χ0) is 11.2. The van der Waals surface area contributed by atoms with Crippen LogP contribution in [0.15, 0.2) is 0 Å². The monoisotopic (exact) mass is 348 g/mol. The minimum Gasteiger partial charge on any atom is -0.229 e. The predicted molar refractivity (Wildman–Crippen MR) is 69.3 cm³/mol. The summed E-state index contributed by atoms with van der Waals surface area (Å²) < 4.78 is 22.5. The largest absolute Gasteiger partial charge is 0.229 e. The van der Waals surface area contributed by atoms with E-state index >= 15 is 0 Å². The highest BCUT2D eigenvalue weighted by Crippen LogP contribution is 2.28. The van der Waals surface area contributed by atoms with Gasteiger partial charge in [-0.2, -0.15) is 0 Å². The van der Waals surface area contributed by atoms with E-state index in [1.807, 2.05) is 0 Å². The summed E-state index contributed by atoms with van der Waals surface area (Å²) >= 11 is 6.90. The third kappa shape index (κ3) is 5.71. The highest BCUT2D eigenvalue weighted by atomic mass is 79.9. The molecular weight excluding hydrogens is 332 g/mol. The lowest BCUT2D eigenvalue weighted by Crippen LogP contribution is -2.21. The highest BCUT2D eigenvalue weighted by Gasteiger charge is 2.21. The van der Waals surface area contributed by atoms with E-state index in [9.17, 15) is 8.42 Å². The molecule has 2 nitrogen and oxygen atoms in total. The summed E-state index contributed by atoms with van der Waals surface area (Å²) in [6.45, 7) is 3.85. The van der Waals surface area contributed by atoms with E-state index in [2.05, 4.69) is 38.8 Å². The first kappa shape index (κ1) is 14.9. The van der Waals surface area contributed by atoms with Crippen LogP contribution >= 0.6 is 31.9 Å². The van der Waals surface area contributed by atoms with Crippen molar-refractivity contribution in [2.24, 2.45) is 5.41 Å². The summed E-state index contributed by atoms with van der Waals surface area (Å²) in [6.07, 6.45) is 1.69. The molecule has 0 fully saturated rings. The van der Waals surface area contributed by atoms with Gasteiger partial charge in [0.15, 0.2) is 0 Å². The predicted octanol–water partition coefficient (Wildman–Crippen LogP) is 3.00. The standard InChI is InChI=1S/C9H18Br2O2S/c1-3-14(12,13)6-4-5-9(2,7-10)8-11/h3-8H2,1-2H3. The number of alkyl halides is 2. The van der Waals surface area contributed by atoms with Crippen LogP contribution in [0.1, 0.15) is 26.7 Å². The molecule has 0 radical (unpaired) electrons. The first-order chi connectivity index (χ1) is 6.39. The smallest absolute Gasteiger partial charge is 0.150 e. The molecule has 5 heteroatoms. The van der Waals surface area contributed by atoms with Crippen LogP contribution in [0.2, 0.25) is 0 Å². The minimum atomic E-state index is -2.79. The fourth-order valence-electron chi connectivity index (χ4n) is 1.03. The molecule has 0 saturated heterocycles. The summed E-state index contributed by atoms with van der Waals surface area (Å²) in [5.41, 5.74) is 0.170. The normalized spacial score (nSPS) is 13.1. The summed E-state index contributed by atoms with van der Waals surface area (Å²) in [6, 6.07) is 0. The molecular formula is C9H18Br2O2S. The van der Waals surface area contributed by atoms with Crippen LogP contribution in [0.25, 0.3) is 0 Å². The van der Waals surface area contributed by atoms with Crippen molar-refractivity contribution in [2.45, 2.75) is 26.7 Å². The molecule has 0 aliphatic rings. The lowest BCUT2D eigenvalue weighted by atomic mass is 9.91. The lowest BCUT2D eigenvalue weighted by molar-refractivity contribution is 0.397. The average Bonchev–Trinajstić information content (AvgIpc) is 2.17. The van der Waals surface area contributed by atoms with Crippen molar-refractivity contribution in [3.63, 3.8) is 0 Å². The first-order valence-corrected chi connectivity index (χ1v) is 8.78. The van der Waals surface area contributed by atoms with Crippen molar-refractivity contribution in [3.8, 4) is 0 Å². The zero-order valence-electron chi connectivity index (χ0n) is 8.72. The van der Waals surface area contributed by atoms with Gasteiger partial charge in [-0.25, -0.2) is 8.42 Å². The van der Waals surface area contributed by atoms with E-state index in [1.165, 1.54) is 0 Å². The van der Waals surface area contributed by atoms with Crippen LogP contribution in [-0.2, 0) is 9.84 Å². The molecule has 0 spiro atoms. The average molecular weight is 350 g/mol. The SMILES string of the molecule is CCS(=O)(=O)CCCC(C)(CBr)CBr. The summed E-state index contributed by atoms with van der Waals surface area (Å²) in [5, 5.41) is 1.80. The van der Waals surface area contributed by atoms with Crippen molar-refractivity contribution in [3.05, 3.63) is 0 Å². The van der Waals surface area contributed by atoms with Gasteiger partial charge in [0, 0.05) is 16.4 Å². The van der Waals surface area contributed by atoms with E-state index in [-0.39, 0.29) is 11.2 Å². The minimum absolute atomic E-state index is 0.170. The summed E-state index contributed by atoms with van der Waals surface area (Å²) in [5.74, 6) is 0.575. The molecule has 0 N–H and O–H groups in total. The van der Waals surface area contributed by atoms with Gasteiger partial charge in [-0.05, 0) is 18.3 Å². The maximum absolute atomic E-state index is 11.2. The second-order valence-electron chi connectivity index (χ2n) is 3.92. The topological polar surface area (TPSA) is 34.1 Å². The van der Waals surface area contributed by atoms with Crippen LogP contribution in [-0.4, -0.2) is 30.6 Å². The van der Waals surface area contributed by atoms with Crippen LogP contribution < -0.4 is 0 Å². The van der Waals surface area contributed by atoms with Gasteiger partial charge in [0.25, 0.3) is 0 Å². The van der Waals surface area contributed by atoms with Crippen molar-refractivity contribution in [1.82, 2.24) is 0 Å². The Bertz CT molecular complexity index is 246. The van der Waals surface area contributed by atoms with Crippen molar-refractivity contribution in [1.29, 1.82) is 0 Å². The third-order valence-corrected chi connectivity index (χ3v) is 6.82. The van der Waals surface area contributed by atoms with Gasteiger partial charge < -0.3 is 0 Å². The molecule has 0 saturated carbocycles. The van der Waals surface area contributed by atoms with E-state index < -0.39 is 9.84 Å². The number of rotatable bonds is 7. The summed E-state index contributed by atoms with van der Waals surface area (Å²) in [7, 11) is -2.79. The second-order valence-corrected chi connectivity index (χ2v) is 7.51. The van der Waals surface area contributed by atoms with Gasteiger partial charge in [0.05, 0.1) is 5.75 Å².